The lowest BCUT2D eigenvalue weighted by Crippen LogP contribution is -2.26. The van der Waals surface area contributed by atoms with Crippen LogP contribution >= 0.6 is 0 Å². The molecule has 5 nitrogen and oxygen atoms in total. The van der Waals surface area contributed by atoms with E-state index in [0.717, 1.165) is 46.2 Å². The Kier molecular flexibility index (Phi) is 4.41. The van der Waals surface area contributed by atoms with Crippen molar-refractivity contribution in [2.45, 2.75) is 45.1 Å². The van der Waals surface area contributed by atoms with E-state index in [1.807, 2.05) is 0 Å². The van der Waals surface area contributed by atoms with Gasteiger partial charge in [-0.25, -0.2) is 19.9 Å². The molecule has 0 amide bonds. The summed E-state index contributed by atoms with van der Waals surface area (Å²) < 4.78 is 0. The lowest BCUT2D eigenvalue weighted by atomic mass is 9.87. The SMILES string of the molecule is CC1CCC(Nc2ncnc3nc4c(nc23)-c2ccccc2Cc2ccccc2-4)CC1. The monoisotopic (exact) mass is 407 g/mol. The summed E-state index contributed by atoms with van der Waals surface area (Å²) in [5, 5.41) is 3.66. The van der Waals surface area contributed by atoms with Crippen LogP contribution in [0.25, 0.3) is 33.7 Å². The number of fused-ring (bicyclic) bond motifs is 6. The molecule has 0 unspecified atom stereocenters. The summed E-state index contributed by atoms with van der Waals surface area (Å²) >= 11 is 0. The van der Waals surface area contributed by atoms with Gasteiger partial charge in [0, 0.05) is 17.2 Å². The fourth-order valence-corrected chi connectivity index (χ4v) is 4.97. The summed E-state index contributed by atoms with van der Waals surface area (Å²) in [5.74, 6) is 1.61. The third-order valence-electron chi connectivity index (χ3n) is 6.75. The van der Waals surface area contributed by atoms with E-state index in [-0.39, 0.29) is 0 Å². The Hall–Kier alpha value is -3.34. The zero-order valence-electron chi connectivity index (χ0n) is 17.7. The number of nitrogens with one attached hydrogen (secondary N) is 1. The largest absolute Gasteiger partial charge is 0.365 e. The van der Waals surface area contributed by atoms with Crippen LogP contribution in [0.4, 0.5) is 5.82 Å². The van der Waals surface area contributed by atoms with E-state index in [1.165, 1.54) is 36.8 Å². The first-order valence-electron chi connectivity index (χ1n) is 11.2. The van der Waals surface area contributed by atoms with Crippen LogP contribution in [0.15, 0.2) is 54.9 Å². The van der Waals surface area contributed by atoms with Crippen LogP contribution in [0.5, 0.6) is 0 Å². The predicted molar refractivity (Wildman–Crippen MR) is 124 cm³/mol. The number of benzene rings is 2. The van der Waals surface area contributed by atoms with Crippen LogP contribution in [0.2, 0.25) is 0 Å². The second-order valence-corrected chi connectivity index (χ2v) is 8.91. The topological polar surface area (TPSA) is 63.6 Å². The molecule has 4 aromatic rings. The lowest BCUT2D eigenvalue weighted by Gasteiger charge is -2.27. The van der Waals surface area contributed by atoms with Crippen molar-refractivity contribution in [3.05, 3.63) is 66.0 Å². The number of hydrogen-bond donors (Lipinski definition) is 1. The molecule has 0 bridgehead atoms. The van der Waals surface area contributed by atoms with E-state index in [1.54, 1.807) is 6.33 Å². The zero-order chi connectivity index (χ0) is 20.8. The highest BCUT2D eigenvalue weighted by molar-refractivity contribution is 5.91. The molecule has 0 spiro atoms. The minimum atomic E-state index is 0.433. The second kappa shape index (κ2) is 7.41. The lowest BCUT2D eigenvalue weighted by molar-refractivity contribution is 0.361. The van der Waals surface area contributed by atoms with Gasteiger partial charge in [-0.2, -0.15) is 0 Å². The predicted octanol–water partition coefficient (Wildman–Crippen LogP) is 5.65. The van der Waals surface area contributed by atoms with Crippen LogP contribution in [0.1, 0.15) is 43.7 Å². The molecular formula is C26H25N5. The summed E-state index contributed by atoms with van der Waals surface area (Å²) in [7, 11) is 0. The Labute approximate surface area is 182 Å². The Balaban J connectivity index is 1.53. The first kappa shape index (κ1) is 18.4. The normalized spacial score (nSPS) is 19.8. The molecule has 1 fully saturated rings. The molecular weight excluding hydrogens is 382 g/mol. The Morgan fingerprint density at radius 3 is 2.13 bits per heavy atom. The van der Waals surface area contributed by atoms with Crippen molar-refractivity contribution in [1.29, 1.82) is 0 Å². The maximum Gasteiger partial charge on any atom is 0.184 e. The number of nitrogens with zero attached hydrogens (tertiary/aromatic N) is 4. The summed E-state index contributed by atoms with van der Waals surface area (Å²) in [6, 6.07) is 17.4. The van der Waals surface area contributed by atoms with Gasteiger partial charge in [0.05, 0.1) is 11.4 Å². The highest BCUT2D eigenvalue weighted by Gasteiger charge is 2.24. The Morgan fingerprint density at radius 1 is 0.774 bits per heavy atom. The highest BCUT2D eigenvalue weighted by atomic mass is 15.1. The maximum atomic E-state index is 5.15. The van der Waals surface area contributed by atoms with Crippen molar-refractivity contribution < 1.29 is 0 Å². The van der Waals surface area contributed by atoms with E-state index in [9.17, 15) is 0 Å². The molecule has 0 atom stereocenters. The van der Waals surface area contributed by atoms with Crippen molar-refractivity contribution in [2.75, 3.05) is 5.32 Å². The van der Waals surface area contributed by atoms with E-state index in [0.29, 0.717) is 11.7 Å². The molecule has 2 aliphatic carbocycles. The quantitative estimate of drug-likeness (QED) is 0.410. The molecule has 2 aromatic carbocycles. The second-order valence-electron chi connectivity index (χ2n) is 8.91. The number of rotatable bonds is 2. The zero-order valence-corrected chi connectivity index (χ0v) is 17.7. The molecule has 1 N–H and O–H groups in total. The third kappa shape index (κ3) is 3.25. The van der Waals surface area contributed by atoms with Gasteiger partial charge in [-0.1, -0.05) is 55.5 Å². The van der Waals surface area contributed by atoms with Gasteiger partial charge in [0.15, 0.2) is 17.0 Å². The van der Waals surface area contributed by atoms with Crippen molar-refractivity contribution in [1.82, 2.24) is 19.9 Å². The van der Waals surface area contributed by atoms with Gasteiger partial charge in [0.2, 0.25) is 0 Å². The molecule has 0 radical (unpaired) electrons. The van der Waals surface area contributed by atoms with E-state index >= 15 is 0 Å². The van der Waals surface area contributed by atoms with Crippen molar-refractivity contribution >= 4 is 17.0 Å². The average Bonchev–Trinajstić information content (AvgIpc) is 2.94. The van der Waals surface area contributed by atoms with Crippen LogP contribution in [0.3, 0.4) is 0 Å². The van der Waals surface area contributed by atoms with Gasteiger partial charge >= 0.3 is 0 Å². The molecule has 31 heavy (non-hydrogen) atoms. The Morgan fingerprint density at radius 2 is 1.42 bits per heavy atom. The fraction of sp³-hybridized carbons (Fsp3) is 0.308. The summed E-state index contributed by atoms with van der Waals surface area (Å²) in [6.45, 7) is 2.34. The summed E-state index contributed by atoms with van der Waals surface area (Å²) in [5.41, 5.74) is 8.05. The average molecular weight is 408 g/mol. The van der Waals surface area contributed by atoms with E-state index < -0.39 is 0 Å². The standard InChI is InChI=1S/C26H25N5/c1-16-10-12-19(13-11-16)29-25-24-26(28-15-27-25)31-23-21-9-5-3-7-18(21)14-17-6-2-4-8-20(17)22(23)30-24/h2-9,15-16,19H,10-14H2,1H3,(H,27,28,29,31). The van der Waals surface area contributed by atoms with Gasteiger partial charge in [0.1, 0.15) is 6.33 Å². The first-order chi connectivity index (χ1) is 15.3. The molecule has 1 saturated carbocycles. The minimum Gasteiger partial charge on any atom is -0.365 e. The highest BCUT2D eigenvalue weighted by Crippen LogP contribution is 2.39. The van der Waals surface area contributed by atoms with Crippen LogP contribution in [0, 0.1) is 5.92 Å². The smallest absolute Gasteiger partial charge is 0.184 e. The van der Waals surface area contributed by atoms with Crippen LogP contribution < -0.4 is 5.32 Å². The summed E-state index contributed by atoms with van der Waals surface area (Å²) in [6.07, 6.45) is 7.33. The molecule has 6 rings (SSSR count). The Bertz CT molecular complexity index is 1270. The van der Waals surface area contributed by atoms with Gasteiger partial charge in [-0.15, -0.1) is 0 Å². The fourth-order valence-electron chi connectivity index (χ4n) is 4.97. The third-order valence-corrected chi connectivity index (χ3v) is 6.75. The molecule has 2 heterocycles. The molecule has 2 aromatic heterocycles. The molecule has 0 saturated heterocycles. The van der Waals surface area contributed by atoms with Gasteiger partial charge in [-0.05, 0) is 49.1 Å². The van der Waals surface area contributed by atoms with Crippen molar-refractivity contribution in [2.24, 2.45) is 5.92 Å². The maximum absolute atomic E-state index is 5.15. The molecule has 0 aliphatic heterocycles. The van der Waals surface area contributed by atoms with Gasteiger partial charge in [-0.3, -0.25) is 0 Å². The van der Waals surface area contributed by atoms with E-state index in [2.05, 4.69) is 70.7 Å². The van der Waals surface area contributed by atoms with Gasteiger partial charge < -0.3 is 5.32 Å². The van der Waals surface area contributed by atoms with Crippen LogP contribution in [-0.4, -0.2) is 26.0 Å². The first-order valence-corrected chi connectivity index (χ1v) is 11.2. The van der Waals surface area contributed by atoms with Crippen molar-refractivity contribution in [3.63, 3.8) is 0 Å². The molecule has 5 heteroatoms. The number of hydrogen-bond acceptors (Lipinski definition) is 5. The van der Waals surface area contributed by atoms with Crippen LogP contribution in [-0.2, 0) is 6.42 Å². The summed E-state index contributed by atoms with van der Waals surface area (Å²) in [4.78, 5) is 19.2. The molecule has 154 valence electrons. The van der Waals surface area contributed by atoms with Gasteiger partial charge in [0.25, 0.3) is 0 Å². The van der Waals surface area contributed by atoms with E-state index in [4.69, 9.17) is 9.97 Å². The molecule has 2 aliphatic rings. The number of aromatic nitrogens is 4. The number of anilines is 1. The minimum absolute atomic E-state index is 0.433. The van der Waals surface area contributed by atoms with Crippen molar-refractivity contribution in [3.8, 4) is 22.5 Å².